The van der Waals surface area contributed by atoms with Crippen LogP contribution in [0.2, 0.25) is 0 Å². The average molecular weight is 293 g/mol. The van der Waals surface area contributed by atoms with E-state index < -0.39 is 0 Å². The van der Waals surface area contributed by atoms with Crippen molar-refractivity contribution in [1.29, 1.82) is 0 Å². The smallest absolute Gasteiger partial charge is 0.308 e. The lowest BCUT2D eigenvalue weighted by Gasteiger charge is -2.27. The lowest BCUT2D eigenvalue weighted by atomic mass is 9.86. The Morgan fingerprint density at radius 3 is 2.43 bits per heavy atom. The molecule has 1 fully saturated rings. The van der Waals surface area contributed by atoms with Crippen LogP contribution in [0.3, 0.4) is 0 Å². The number of hydrogen-bond donors (Lipinski definition) is 3. The van der Waals surface area contributed by atoms with Crippen LogP contribution in [0.1, 0.15) is 36.0 Å². The van der Waals surface area contributed by atoms with Crippen molar-refractivity contribution in [3.8, 4) is 11.5 Å². The van der Waals surface area contributed by atoms with Gasteiger partial charge in [-0.25, -0.2) is 0 Å². The van der Waals surface area contributed by atoms with E-state index in [-0.39, 0.29) is 40.9 Å². The lowest BCUT2D eigenvalue weighted by molar-refractivity contribution is -0.146. The lowest BCUT2D eigenvalue weighted by Crippen LogP contribution is -2.38. The van der Waals surface area contributed by atoms with E-state index in [2.05, 4.69) is 5.32 Å². The Kier molecular flexibility index (Phi) is 4.67. The molecule has 1 aromatic carbocycles. The van der Waals surface area contributed by atoms with E-state index in [1.807, 2.05) is 0 Å². The highest BCUT2D eigenvalue weighted by molar-refractivity contribution is 5.97. The van der Waals surface area contributed by atoms with E-state index in [1.54, 1.807) is 0 Å². The molecule has 3 N–H and O–H groups in total. The third kappa shape index (κ3) is 3.65. The predicted octanol–water partition coefficient (Wildman–Crippen LogP) is 1.56. The van der Waals surface area contributed by atoms with Crippen LogP contribution < -0.4 is 5.32 Å². The highest BCUT2D eigenvalue weighted by atomic mass is 16.5. The molecular weight excluding hydrogens is 274 g/mol. The molecule has 1 aliphatic rings. The number of phenols is 2. The van der Waals surface area contributed by atoms with Gasteiger partial charge in [-0.15, -0.1) is 0 Å². The summed E-state index contributed by atoms with van der Waals surface area (Å²) in [5, 5.41) is 21.7. The Labute approximate surface area is 122 Å². The first-order chi connectivity index (χ1) is 10.0. The Morgan fingerprint density at radius 1 is 1.19 bits per heavy atom. The van der Waals surface area contributed by atoms with Gasteiger partial charge in [-0.2, -0.15) is 0 Å². The van der Waals surface area contributed by atoms with E-state index >= 15 is 0 Å². The number of nitrogens with one attached hydrogen (secondary N) is 1. The molecule has 1 amide bonds. The van der Waals surface area contributed by atoms with Crippen LogP contribution in [0.5, 0.6) is 11.5 Å². The van der Waals surface area contributed by atoms with E-state index in [1.165, 1.54) is 19.2 Å². The molecule has 0 saturated heterocycles. The number of esters is 1. The fourth-order valence-corrected chi connectivity index (χ4v) is 2.62. The number of amides is 1. The molecule has 0 radical (unpaired) electrons. The summed E-state index contributed by atoms with van der Waals surface area (Å²) < 4.78 is 4.72. The number of aromatic hydroxyl groups is 2. The largest absolute Gasteiger partial charge is 0.508 e. The molecule has 0 atom stereocenters. The molecule has 1 aromatic rings. The first-order valence-electron chi connectivity index (χ1n) is 6.92. The molecule has 1 aliphatic carbocycles. The summed E-state index contributed by atoms with van der Waals surface area (Å²) >= 11 is 0. The quantitative estimate of drug-likeness (QED) is 0.735. The molecule has 114 valence electrons. The monoisotopic (exact) mass is 293 g/mol. The Hall–Kier alpha value is -2.24. The first kappa shape index (κ1) is 15.2. The van der Waals surface area contributed by atoms with Gasteiger partial charge in [0, 0.05) is 12.1 Å². The number of carbonyl (C=O) groups excluding carboxylic acids is 2. The number of carbonyl (C=O) groups is 2. The van der Waals surface area contributed by atoms with Gasteiger partial charge in [0.2, 0.25) is 0 Å². The van der Waals surface area contributed by atoms with Crippen molar-refractivity contribution in [3.63, 3.8) is 0 Å². The summed E-state index contributed by atoms with van der Waals surface area (Å²) in [6.07, 6.45) is 2.76. The fraction of sp³-hybridized carbons (Fsp3) is 0.467. The van der Waals surface area contributed by atoms with Gasteiger partial charge in [-0.1, -0.05) is 0 Å². The molecule has 2 rings (SSSR count). The number of hydrogen-bond acceptors (Lipinski definition) is 5. The van der Waals surface area contributed by atoms with Crippen LogP contribution in [0, 0.1) is 5.92 Å². The van der Waals surface area contributed by atoms with Crippen molar-refractivity contribution < 1.29 is 24.5 Å². The molecule has 0 aliphatic heterocycles. The summed E-state index contributed by atoms with van der Waals surface area (Å²) in [4.78, 5) is 23.5. The molecular formula is C15H19NO5. The topological polar surface area (TPSA) is 95.9 Å². The Morgan fingerprint density at radius 2 is 1.86 bits per heavy atom. The number of benzene rings is 1. The van der Waals surface area contributed by atoms with Crippen LogP contribution in [0.15, 0.2) is 18.2 Å². The second-order valence-electron chi connectivity index (χ2n) is 5.25. The van der Waals surface area contributed by atoms with Gasteiger partial charge in [-0.3, -0.25) is 9.59 Å². The molecule has 6 heteroatoms. The van der Waals surface area contributed by atoms with Crippen LogP contribution in [0.25, 0.3) is 0 Å². The van der Waals surface area contributed by atoms with E-state index in [4.69, 9.17) is 4.74 Å². The van der Waals surface area contributed by atoms with Crippen molar-refractivity contribution >= 4 is 11.9 Å². The van der Waals surface area contributed by atoms with Gasteiger partial charge in [0.05, 0.1) is 18.6 Å². The molecule has 0 heterocycles. The zero-order valence-corrected chi connectivity index (χ0v) is 11.8. The number of methoxy groups -OCH3 is 1. The second-order valence-corrected chi connectivity index (χ2v) is 5.25. The van der Waals surface area contributed by atoms with Crippen molar-refractivity contribution in [3.05, 3.63) is 23.8 Å². The second kappa shape index (κ2) is 6.47. The summed E-state index contributed by atoms with van der Waals surface area (Å²) in [7, 11) is 1.38. The predicted molar refractivity (Wildman–Crippen MR) is 75.0 cm³/mol. The minimum Gasteiger partial charge on any atom is -0.508 e. The summed E-state index contributed by atoms with van der Waals surface area (Å²) in [5.74, 6) is -1.02. The highest BCUT2D eigenvalue weighted by Crippen LogP contribution is 2.27. The number of rotatable bonds is 3. The van der Waals surface area contributed by atoms with Crippen LogP contribution >= 0.6 is 0 Å². The zero-order valence-electron chi connectivity index (χ0n) is 11.8. The fourth-order valence-electron chi connectivity index (χ4n) is 2.62. The third-order valence-corrected chi connectivity index (χ3v) is 3.82. The molecule has 6 nitrogen and oxygen atoms in total. The van der Waals surface area contributed by atoms with Gasteiger partial charge in [0.25, 0.3) is 5.91 Å². The number of ether oxygens (including phenoxy) is 1. The van der Waals surface area contributed by atoms with Crippen molar-refractivity contribution in [2.75, 3.05) is 7.11 Å². The average Bonchev–Trinajstić information content (AvgIpc) is 2.47. The van der Waals surface area contributed by atoms with Crippen molar-refractivity contribution in [2.45, 2.75) is 31.7 Å². The minimum atomic E-state index is -0.381. The Bertz CT molecular complexity index is 535. The maximum absolute atomic E-state index is 12.1. The molecule has 0 spiro atoms. The van der Waals surface area contributed by atoms with E-state index in [9.17, 15) is 19.8 Å². The minimum absolute atomic E-state index is 0.0217. The van der Waals surface area contributed by atoms with Crippen molar-refractivity contribution in [1.82, 2.24) is 5.32 Å². The molecule has 0 aromatic heterocycles. The van der Waals surface area contributed by atoms with Gasteiger partial charge >= 0.3 is 5.97 Å². The molecule has 0 unspecified atom stereocenters. The normalized spacial score (nSPS) is 21.6. The molecule has 1 saturated carbocycles. The highest BCUT2D eigenvalue weighted by Gasteiger charge is 2.28. The molecule has 0 bridgehead atoms. The van der Waals surface area contributed by atoms with E-state index in [0.717, 1.165) is 6.07 Å². The van der Waals surface area contributed by atoms with Gasteiger partial charge in [0.1, 0.15) is 11.5 Å². The van der Waals surface area contributed by atoms with Gasteiger partial charge in [-0.05, 0) is 37.8 Å². The van der Waals surface area contributed by atoms with E-state index in [0.29, 0.717) is 25.7 Å². The first-order valence-corrected chi connectivity index (χ1v) is 6.92. The summed E-state index contributed by atoms with van der Waals surface area (Å²) in [5.41, 5.74) is 0.128. The summed E-state index contributed by atoms with van der Waals surface area (Å²) in [6.45, 7) is 0. The molecule has 21 heavy (non-hydrogen) atoms. The SMILES string of the molecule is COC(=O)C1CCC(NC(=O)c2ccc(O)cc2O)CC1. The Balaban J connectivity index is 1.91. The van der Waals surface area contributed by atoms with Gasteiger partial charge in [0.15, 0.2) is 0 Å². The summed E-state index contributed by atoms with van der Waals surface area (Å²) in [6, 6.07) is 3.83. The van der Waals surface area contributed by atoms with Crippen LogP contribution in [-0.2, 0) is 9.53 Å². The zero-order chi connectivity index (χ0) is 15.4. The van der Waals surface area contributed by atoms with Gasteiger partial charge < -0.3 is 20.3 Å². The standard InChI is InChI=1S/C15H19NO5/c1-21-15(20)9-2-4-10(5-3-9)16-14(19)12-7-6-11(17)8-13(12)18/h6-10,17-18H,2-5H2,1H3,(H,16,19). The van der Waals surface area contributed by atoms with Crippen LogP contribution in [-0.4, -0.2) is 35.2 Å². The number of phenolic OH excluding ortho intramolecular Hbond substituents is 2. The maximum Gasteiger partial charge on any atom is 0.308 e. The van der Waals surface area contributed by atoms with Crippen molar-refractivity contribution in [2.24, 2.45) is 5.92 Å². The van der Waals surface area contributed by atoms with Crippen LogP contribution in [0.4, 0.5) is 0 Å². The maximum atomic E-state index is 12.1. The third-order valence-electron chi connectivity index (χ3n) is 3.82.